The lowest BCUT2D eigenvalue weighted by atomic mass is 9.85. The van der Waals surface area contributed by atoms with E-state index in [2.05, 4.69) is 5.32 Å². The van der Waals surface area contributed by atoms with Crippen LogP contribution < -0.4 is 5.32 Å². The number of rotatable bonds is 3. The van der Waals surface area contributed by atoms with Gasteiger partial charge in [0.25, 0.3) is 5.91 Å². The third-order valence-corrected chi connectivity index (χ3v) is 3.51. The molecule has 0 aliphatic heterocycles. The molecule has 1 amide bonds. The Morgan fingerprint density at radius 1 is 1.24 bits per heavy atom. The van der Waals surface area contributed by atoms with Crippen molar-refractivity contribution in [1.29, 1.82) is 0 Å². The molecule has 0 spiro atoms. The first kappa shape index (κ1) is 15.4. The first-order valence-corrected chi connectivity index (χ1v) is 6.48. The highest BCUT2D eigenvalue weighted by atomic mass is 19.4. The molecule has 1 aliphatic rings. The molecular weight excluding hydrogens is 291 g/mol. The van der Waals surface area contributed by atoms with Crippen molar-refractivity contribution in [1.82, 2.24) is 5.32 Å². The van der Waals surface area contributed by atoms with E-state index in [1.807, 2.05) is 0 Å². The van der Waals surface area contributed by atoms with Gasteiger partial charge in [-0.25, -0.2) is 4.79 Å². The van der Waals surface area contributed by atoms with E-state index >= 15 is 0 Å². The van der Waals surface area contributed by atoms with Crippen LogP contribution in [0.25, 0.3) is 0 Å². The minimum Gasteiger partial charge on any atom is -0.475 e. The molecule has 2 N–H and O–H groups in total. The zero-order valence-corrected chi connectivity index (χ0v) is 10.9. The molecule has 21 heavy (non-hydrogen) atoms. The molecular formula is C13H14F3NO4. The summed E-state index contributed by atoms with van der Waals surface area (Å²) < 4.78 is 42.8. The Bertz CT molecular complexity index is 538. The number of carboxylic acids is 1. The number of hydrogen-bond acceptors (Lipinski definition) is 3. The molecule has 2 unspecified atom stereocenters. The quantitative estimate of drug-likeness (QED) is 0.900. The fourth-order valence-corrected chi connectivity index (χ4v) is 2.45. The summed E-state index contributed by atoms with van der Waals surface area (Å²) >= 11 is 0. The Morgan fingerprint density at radius 3 is 2.48 bits per heavy atom. The monoisotopic (exact) mass is 305 g/mol. The maximum absolute atomic E-state index is 12.7. The average molecular weight is 305 g/mol. The summed E-state index contributed by atoms with van der Waals surface area (Å²) in [7, 11) is 0. The molecule has 0 saturated heterocycles. The van der Waals surface area contributed by atoms with Crippen LogP contribution >= 0.6 is 0 Å². The van der Waals surface area contributed by atoms with E-state index in [9.17, 15) is 22.8 Å². The van der Waals surface area contributed by atoms with Gasteiger partial charge in [0.05, 0.1) is 5.92 Å². The topological polar surface area (TPSA) is 79.5 Å². The van der Waals surface area contributed by atoms with Crippen molar-refractivity contribution in [3.8, 4) is 0 Å². The molecule has 1 aliphatic carbocycles. The van der Waals surface area contributed by atoms with E-state index in [1.165, 1.54) is 6.07 Å². The lowest BCUT2D eigenvalue weighted by Crippen LogP contribution is -2.41. The van der Waals surface area contributed by atoms with Crippen LogP contribution in [0.4, 0.5) is 13.2 Å². The molecule has 1 heterocycles. The Balaban J connectivity index is 1.97. The normalized spacial score (nSPS) is 22.8. The summed E-state index contributed by atoms with van der Waals surface area (Å²) in [5.41, 5.74) is 0. The van der Waals surface area contributed by atoms with E-state index in [0.29, 0.717) is 12.8 Å². The molecule has 1 saturated carbocycles. The van der Waals surface area contributed by atoms with Gasteiger partial charge in [-0.15, -0.1) is 0 Å². The predicted octanol–water partition coefficient (Wildman–Crippen LogP) is 2.83. The van der Waals surface area contributed by atoms with Gasteiger partial charge in [0.2, 0.25) is 5.76 Å². The third-order valence-electron chi connectivity index (χ3n) is 3.51. The van der Waals surface area contributed by atoms with Crippen molar-refractivity contribution in [2.45, 2.75) is 37.9 Å². The van der Waals surface area contributed by atoms with Gasteiger partial charge in [0.15, 0.2) is 5.76 Å². The van der Waals surface area contributed by atoms with Gasteiger partial charge in [-0.05, 0) is 31.4 Å². The van der Waals surface area contributed by atoms with Crippen LogP contribution in [-0.4, -0.2) is 29.2 Å². The second-order valence-electron chi connectivity index (χ2n) is 5.04. The van der Waals surface area contributed by atoms with Crippen molar-refractivity contribution in [2.75, 3.05) is 0 Å². The molecule has 2 rings (SSSR count). The fourth-order valence-electron chi connectivity index (χ4n) is 2.45. The van der Waals surface area contributed by atoms with Crippen LogP contribution in [0.2, 0.25) is 0 Å². The Labute approximate surface area is 118 Å². The van der Waals surface area contributed by atoms with Gasteiger partial charge in [-0.3, -0.25) is 4.79 Å². The minimum atomic E-state index is -4.26. The maximum Gasteiger partial charge on any atom is 0.391 e. The zero-order valence-electron chi connectivity index (χ0n) is 10.9. The van der Waals surface area contributed by atoms with Crippen LogP contribution in [0, 0.1) is 5.92 Å². The molecule has 1 fully saturated rings. The number of furan rings is 1. The third kappa shape index (κ3) is 3.77. The van der Waals surface area contributed by atoms with Gasteiger partial charge in [-0.1, -0.05) is 6.42 Å². The van der Waals surface area contributed by atoms with Gasteiger partial charge in [0, 0.05) is 6.04 Å². The van der Waals surface area contributed by atoms with Crippen LogP contribution in [0.15, 0.2) is 16.5 Å². The number of hydrogen-bond donors (Lipinski definition) is 2. The van der Waals surface area contributed by atoms with Crippen LogP contribution in [-0.2, 0) is 0 Å². The minimum absolute atomic E-state index is 0.0692. The summed E-state index contributed by atoms with van der Waals surface area (Å²) in [5.74, 6) is -4.04. The fraction of sp³-hybridized carbons (Fsp3) is 0.538. The molecule has 0 radical (unpaired) electrons. The average Bonchev–Trinajstić information content (AvgIpc) is 2.88. The first-order chi connectivity index (χ1) is 9.77. The number of nitrogens with one attached hydrogen (secondary N) is 1. The second kappa shape index (κ2) is 5.79. The summed E-state index contributed by atoms with van der Waals surface area (Å²) in [5, 5.41) is 11.1. The second-order valence-corrected chi connectivity index (χ2v) is 5.04. The highest BCUT2D eigenvalue weighted by Gasteiger charge is 2.42. The lowest BCUT2D eigenvalue weighted by Gasteiger charge is -2.30. The van der Waals surface area contributed by atoms with Crippen LogP contribution in [0.1, 0.15) is 46.8 Å². The Kier molecular flexibility index (Phi) is 4.24. The number of carboxylic acid groups (broad SMARTS) is 1. The van der Waals surface area contributed by atoms with E-state index < -0.39 is 35.8 Å². The summed E-state index contributed by atoms with van der Waals surface area (Å²) in [6, 6.07) is 1.72. The standard InChI is InChI=1S/C13H14F3NO4/c14-13(15,16)7-2-1-3-8(6-7)17-11(18)9-4-5-10(21-9)12(19)20/h4-5,7-8H,1-3,6H2,(H,17,18)(H,19,20). The smallest absolute Gasteiger partial charge is 0.391 e. The van der Waals surface area contributed by atoms with Crippen molar-refractivity contribution in [2.24, 2.45) is 5.92 Å². The molecule has 1 aromatic rings. The molecule has 5 nitrogen and oxygen atoms in total. The Morgan fingerprint density at radius 2 is 1.90 bits per heavy atom. The van der Waals surface area contributed by atoms with E-state index in [1.54, 1.807) is 0 Å². The first-order valence-electron chi connectivity index (χ1n) is 6.48. The zero-order chi connectivity index (χ0) is 15.6. The highest BCUT2D eigenvalue weighted by molar-refractivity contribution is 5.93. The highest BCUT2D eigenvalue weighted by Crippen LogP contribution is 2.37. The van der Waals surface area contributed by atoms with E-state index in [-0.39, 0.29) is 18.6 Å². The number of carbonyl (C=O) groups is 2. The van der Waals surface area contributed by atoms with Crippen molar-refractivity contribution < 1.29 is 32.3 Å². The molecule has 1 aromatic heterocycles. The van der Waals surface area contributed by atoms with Gasteiger partial charge >= 0.3 is 12.1 Å². The number of aromatic carboxylic acids is 1. The largest absolute Gasteiger partial charge is 0.475 e. The summed E-state index contributed by atoms with van der Waals surface area (Å²) in [6.45, 7) is 0. The number of alkyl halides is 3. The number of amides is 1. The molecule has 116 valence electrons. The Hall–Kier alpha value is -1.99. The van der Waals surface area contributed by atoms with Gasteiger partial charge in [-0.2, -0.15) is 13.2 Å². The SMILES string of the molecule is O=C(O)c1ccc(C(=O)NC2CCCC(C(F)(F)F)C2)o1. The van der Waals surface area contributed by atoms with Crippen LogP contribution in [0.3, 0.4) is 0 Å². The molecule has 2 atom stereocenters. The lowest BCUT2D eigenvalue weighted by molar-refractivity contribution is -0.183. The van der Waals surface area contributed by atoms with Crippen molar-refractivity contribution in [3.05, 3.63) is 23.7 Å². The van der Waals surface area contributed by atoms with Crippen molar-refractivity contribution in [3.63, 3.8) is 0 Å². The molecule has 0 bridgehead atoms. The van der Waals surface area contributed by atoms with Gasteiger partial charge < -0.3 is 14.8 Å². The van der Waals surface area contributed by atoms with E-state index in [0.717, 1.165) is 6.07 Å². The van der Waals surface area contributed by atoms with E-state index in [4.69, 9.17) is 9.52 Å². The summed E-state index contributed by atoms with van der Waals surface area (Å²) in [4.78, 5) is 22.5. The van der Waals surface area contributed by atoms with Crippen molar-refractivity contribution >= 4 is 11.9 Å². The van der Waals surface area contributed by atoms with Crippen LogP contribution in [0.5, 0.6) is 0 Å². The maximum atomic E-state index is 12.7. The predicted molar refractivity (Wildman–Crippen MR) is 64.9 cm³/mol. The number of halogens is 3. The summed E-state index contributed by atoms with van der Waals surface area (Å²) in [6.07, 6.45) is -3.51. The van der Waals surface area contributed by atoms with Gasteiger partial charge in [0.1, 0.15) is 0 Å². The molecule has 8 heteroatoms. The molecule has 0 aromatic carbocycles. The number of carbonyl (C=O) groups excluding carboxylic acids is 1.